The molecule has 29 heavy (non-hydrogen) atoms. The zero-order chi connectivity index (χ0) is 20.5. The van der Waals surface area contributed by atoms with Crippen molar-refractivity contribution in [1.82, 2.24) is 15.1 Å². The molecule has 1 heterocycles. The monoisotopic (exact) mass is 411 g/mol. The summed E-state index contributed by atoms with van der Waals surface area (Å²) in [7, 11) is 0. The molecule has 1 aliphatic rings. The lowest BCUT2D eigenvalue weighted by atomic mass is 10.1. The van der Waals surface area contributed by atoms with Crippen LogP contribution in [0.15, 0.2) is 60.7 Å². The zero-order valence-electron chi connectivity index (χ0n) is 16.9. The van der Waals surface area contributed by atoms with Crippen LogP contribution in [0, 0.1) is 0 Å². The topological polar surface area (TPSA) is 52.7 Å². The van der Waals surface area contributed by atoms with E-state index in [4.69, 9.17) is 0 Å². The van der Waals surface area contributed by atoms with Crippen LogP contribution in [0.3, 0.4) is 0 Å². The minimum Gasteiger partial charge on any atom is -0.340 e. The minimum atomic E-state index is -0.476. The van der Waals surface area contributed by atoms with Crippen molar-refractivity contribution in [3.8, 4) is 0 Å². The molecule has 0 aromatic heterocycles. The number of benzene rings is 2. The second-order valence-corrected chi connectivity index (χ2v) is 8.25. The van der Waals surface area contributed by atoms with Gasteiger partial charge in [-0.2, -0.15) is 11.8 Å². The molecule has 2 amide bonds. The molecule has 0 saturated carbocycles. The standard InChI is InChI=1S/C23H29N3O2S/c1-29-17-12-21(24-22(27)20-10-6-3-7-11-20)23(28)26-15-13-25(14-16-26)18-19-8-4-2-5-9-19/h2-11,21H,12-18H2,1H3,(H,24,27). The molecule has 1 aliphatic heterocycles. The van der Waals surface area contributed by atoms with Crippen LogP contribution in [0.4, 0.5) is 0 Å². The number of rotatable bonds is 8. The summed E-state index contributed by atoms with van der Waals surface area (Å²) in [4.78, 5) is 30.0. The number of hydrogen-bond donors (Lipinski definition) is 1. The Morgan fingerprint density at radius 3 is 2.21 bits per heavy atom. The molecule has 0 spiro atoms. The molecule has 1 atom stereocenters. The van der Waals surface area contributed by atoms with Gasteiger partial charge in [-0.15, -0.1) is 0 Å². The van der Waals surface area contributed by atoms with Crippen LogP contribution in [0.5, 0.6) is 0 Å². The van der Waals surface area contributed by atoms with Gasteiger partial charge in [0.1, 0.15) is 6.04 Å². The first-order valence-corrected chi connectivity index (χ1v) is 11.5. The van der Waals surface area contributed by atoms with Crippen molar-refractivity contribution in [2.45, 2.75) is 19.0 Å². The summed E-state index contributed by atoms with van der Waals surface area (Å²) in [5.41, 5.74) is 1.88. The highest BCUT2D eigenvalue weighted by Gasteiger charge is 2.28. The minimum absolute atomic E-state index is 0.0303. The van der Waals surface area contributed by atoms with E-state index in [-0.39, 0.29) is 11.8 Å². The molecule has 0 bridgehead atoms. The Hall–Kier alpha value is -2.31. The average molecular weight is 412 g/mol. The normalized spacial score (nSPS) is 15.7. The van der Waals surface area contributed by atoms with E-state index in [0.717, 1.165) is 25.4 Å². The summed E-state index contributed by atoms with van der Waals surface area (Å²) >= 11 is 1.69. The summed E-state index contributed by atoms with van der Waals surface area (Å²) < 4.78 is 0. The number of hydrogen-bond acceptors (Lipinski definition) is 4. The Morgan fingerprint density at radius 1 is 0.966 bits per heavy atom. The van der Waals surface area contributed by atoms with Gasteiger partial charge >= 0.3 is 0 Å². The molecule has 0 aliphatic carbocycles. The molecule has 1 unspecified atom stereocenters. The first-order valence-electron chi connectivity index (χ1n) is 10.1. The van der Waals surface area contributed by atoms with Gasteiger partial charge in [0.15, 0.2) is 0 Å². The molecule has 1 saturated heterocycles. The summed E-state index contributed by atoms with van der Waals surface area (Å²) in [5.74, 6) is 0.676. The zero-order valence-corrected chi connectivity index (χ0v) is 17.7. The SMILES string of the molecule is CSCCC(NC(=O)c1ccccc1)C(=O)N1CCN(Cc2ccccc2)CC1. The molecular weight excluding hydrogens is 382 g/mol. The first-order chi connectivity index (χ1) is 14.2. The van der Waals surface area contributed by atoms with Gasteiger partial charge in [0.05, 0.1) is 0 Å². The van der Waals surface area contributed by atoms with E-state index < -0.39 is 6.04 Å². The second kappa shape index (κ2) is 11.0. The van der Waals surface area contributed by atoms with Gasteiger partial charge in [0.25, 0.3) is 5.91 Å². The van der Waals surface area contributed by atoms with Crippen LogP contribution < -0.4 is 5.32 Å². The van der Waals surface area contributed by atoms with Gasteiger partial charge in [-0.05, 0) is 36.1 Å². The summed E-state index contributed by atoms with van der Waals surface area (Å²) in [6, 6.07) is 19.0. The highest BCUT2D eigenvalue weighted by atomic mass is 32.2. The van der Waals surface area contributed by atoms with Gasteiger partial charge in [0, 0.05) is 38.3 Å². The van der Waals surface area contributed by atoms with Gasteiger partial charge in [-0.3, -0.25) is 14.5 Å². The molecule has 6 heteroatoms. The fraction of sp³-hybridized carbons (Fsp3) is 0.391. The predicted molar refractivity (Wildman–Crippen MR) is 119 cm³/mol. The predicted octanol–water partition coefficient (Wildman–Crippen LogP) is 2.88. The van der Waals surface area contributed by atoms with Gasteiger partial charge in [-0.1, -0.05) is 48.5 Å². The van der Waals surface area contributed by atoms with Crippen molar-refractivity contribution in [2.75, 3.05) is 38.2 Å². The van der Waals surface area contributed by atoms with Crippen LogP contribution >= 0.6 is 11.8 Å². The van der Waals surface area contributed by atoms with Gasteiger partial charge < -0.3 is 10.2 Å². The van der Waals surface area contributed by atoms with Crippen LogP contribution in [0.1, 0.15) is 22.3 Å². The number of nitrogens with zero attached hydrogens (tertiary/aromatic N) is 2. The van der Waals surface area contributed by atoms with Crippen LogP contribution in [-0.2, 0) is 11.3 Å². The summed E-state index contributed by atoms with van der Waals surface area (Å²) in [5, 5.41) is 2.96. The Bertz CT molecular complexity index is 777. The lowest BCUT2D eigenvalue weighted by Gasteiger charge is -2.36. The third kappa shape index (κ3) is 6.34. The van der Waals surface area contributed by atoms with E-state index in [2.05, 4.69) is 34.5 Å². The molecule has 0 radical (unpaired) electrons. The van der Waals surface area contributed by atoms with Crippen molar-refractivity contribution in [2.24, 2.45) is 0 Å². The maximum absolute atomic E-state index is 13.1. The Morgan fingerprint density at radius 2 is 1.59 bits per heavy atom. The molecule has 3 rings (SSSR count). The van der Waals surface area contributed by atoms with Crippen LogP contribution in [-0.4, -0.2) is 65.8 Å². The average Bonchev–Trinajstić information content (AvgIpc) is 2.78. The lowest BCUT2D eigenvalue weighted by Crippen LogP contribution is -2.54. The number of nitrogens with one attached hydrogen (secondary N) is 1. The first kappa shape index (κ1) is 21.4. The molecule has 1 N–H and O–H groups in total. The number of carbonyl (C=O) groups is 2. The van der Waals surface area contributed by atoms with Crippen molar-refractivity contribution in [3.63, 3.8) is 0 Å². The van der Waals surface area contributed by atoms with Crippen LogP contribution in [0.2, 0.25) is 0 Å². The lowest BCUT2D eigenvalue weighted by molar-refractivity contribution is -0.135. The number of carbonyl (C=O) groups excluding carboxylic acids is 2. The highest BCUT2D eigenvalue weighted by Crippen LogP contribution is 2.12. The fourth-order valence-electron chi connectivity index (χ4n) is 3.51. The Kier molecular flexibility index (Phi) is 8.14. The van der Waals surface area contributed by atoms with Crippen molar-refractivity contribution < 1.29 is 9.59 Å². The number of thioether (sulfide) groups is 1. The van der Waals surface area contributed by atoms with Crippen molar-refractivity contribution in [3.05, 3.63) is 71.8 Å². The Labute approximate surface area is 177 Å². The third-order valence-electron chi connectivity index (χ3n) is 5.18. The van der Waals surface area contributed by atoms with E-state index in [1.165, 1.54) is 5.56 Å². The third-order valence-corrected chi connectivity index (χ3v) is 5.83. The second-order valence-electron chi connectivity index (χ2n) is 7.26. The highest BCUT2D eigenvalue weighted by molar-refractivity contribution is 7.98. The fourth-order valence-corrected chi connectivity index (χ4v) is 3.98. The molecular formula is C23H29N3O2S. The van der Waals surface area contributed by atoms with Gasteiger partial charge in [-0.25, -0.2) is 0 Å². The molecule has 5 nitrogen and oxygen atoms in total. The van der Waals surface area contributed by atoms with E-state index in [9.17, 15) is 9.59 Å². The van der Waals surface area contributed by atoms with Gasteiger partial charge in [0.2, 0.25) is 5.91 Å². The maximum Gasteiger partial charge on any atom is 0.251 e. The van der Waals surface area contributed by atoms with E-state index in [0.29, 0.717) is 25.1 Å². The van der Waals surface area contributed by atoms with Crippen molar-refractivity contribution in [1.29, 1.82) is 0 Å². The molecule has 1 fully saturated rings. The number of piperazine rings is 1. The number of amides is 2. The summed E-state index contributed by atoms with van der Waals surface area (Å²) in [6.45, 7) is 4.00. The molecule has 154 valence electrons. The van der Waals surface area contributed by atoms with E-state index >= 15 is 0 Å². The van der Waals surface area contributed by atoms with Crippen LogP contribution in [0.25, 0.3) is 0 Å². The largest absolute Gasteiger partial charge is 0.340 e. The Balaban J connectivity index is 1.56. The maximum atomic E-state index is 13.1. The molecule has 2 aromatic carbocycles. The van der Waals surface area contributed by atoms with Crippen molar-refractivity contribution >= 4 is 23.6 Å². The van der Waals surface area contributed by atoms with E-state index in [1.54, 1.807) is 23.9 Å². The quantitative estimate of drug-likeness (QED) is 0.726. The van der Waals surface area contributed by atoms with E-state index in [1.807, 2.05) is 35.4 Å². The summed E-state index contributed by atoms with van der Waals surface area (Å²) in [6.07, 6.45) is 2.66. The smallest absolute Gasteiger partial charge is 0.251 e. The molecule has 2 aromatic rings.